The Labute approximate surface area is 107 Å². The third-order valence-electron chi connectivity index (χ3n) is 2.47. The molecule has 1 aromatic carbocycles. The Morgan fingerprint density at radius 1 is 1.17 bits per heavy atom. The Bertz CT molecular complexity index is 550. The fourth-order valence-electron chi connectivity index (χ4n) is 1.63. The lowest BCUT2D eigenvalue weighted by molar-refractivity contribution is 0.460. The third kappa shape index (κ3) is 2.96. The second-order valence-corrected chi connectivity index (χ2v) is 3.81. The van der Waals surface area contributed by atoms with Crippen LogP contribution >= 0.6 is 0 Å². The molecule has 0 amide bonds. The average Bonchev–Trinajstić information content (AvgIpc) is 2.41. The van der Waals surface area contributed by atoms with Crippen LogP contribution in [0.25, 0.3) is 6.08 Å². The average molecular weight is 240 g/mol. The van der Waals surface area contributed by atoms with Gasteiger partial charge in [0.25, 0.3) is 0 Å². The normalized spacial score (nSPS) is 10.8. The van der Waals surface area contributed by atoms with Crippen molar-refractivity contribution in [3.05, 3.63) is 59.8 Å². The molecule has 0 aliphatic heterocycles. The minimum absolute atomic E-state index is 0.410. The van der Waals surface area contributed by atoms with Crippen LogP contribution in [-0.2, 0) is 6.54 Å². The van der Waals surface area contributed by atoms with E-state index in [9.17, 15) is 0 Å². The summed E-state index contributed by atoms with van der Waals surface area (Å²) in [6.07, 6.45) is 3.98. The molecule has 3 nitrogen and oxygen atoms in total. The van der Waals surface area contributed by atoms with E-state index in [0.717, 1.165) is 17.0 Å². The van der Waals surface area contributed by atoms with E-state index in [1.807, 2.05) is 61.5 Å². The maximum atomic E-state index is 5.79. The molecule has 0 aliphatic carbocycles. The van der Waals surface area contributed by atoms with Crippen molar-refractivity contribution in [2.45, 2.75) is 13.5 Å². The molecule has 92 valence electrons. The van der Waals surface area contributed by atoms with Crippen LogP contribution in [0.15, 0.2) is 48.5 Å². The maximum Gasteiger partial charge on any atom is 0.219 e. The van der Waals surface area contributed by atoms with E-state index in [0.29, 0.717) is 12.4 Å². The second-order valence-electron chi connectivity index (χ2n) is 3.81. The number of nitrogens with two attached hydrogens (primary N) is 1. The van der Waals surface area contributed by atoms with Gasteiger partial charge >= 0.3 is 0 Å². The van der Waals surface area contributed by atoms with Crippen LogP contribution in [0.4, 0.5) is 0 Å². The first-order valence-electron chi connectivity index (χ1n) is 5.89. The lowest BCUT2D eigenvalue weighted by Gasteiger charge is -2.08. The molecule has 0 radical (unpaired) electrons. The standard InChI is InChI=1S/C15H16N2O/c1-2-6-12-7-3-4-9-14(12)18-15-10-5-8-13(11-16)17-15/h2-10H,11,16H2,1H3/b6-2+. The van der Waals surface area contributed by atoms with Gasteiger partial charge in [0.1, 0.15) is 5.75 Å². The maximum absolute atomic E-state index is 5.79. The van der Waals surface area contributed by atoms with Gasteiger partial charge < -0.3 is 10.5 Å². The zero-order valence-electron chi connectivity index (χ0n) is 10.3. The molecule has 0 unspecified atom stereocenters. The van der Waals surface area contributed by atoms with Gasteiger partial charge in [-0.05, 0) is 19.1 Å². The van der Waals surface area contributed by atoms with E-state index in [1.54, 1.807) is 0 Å². The highest BCUT2D eigenvalue weighted by atomic mass is 16.5. The molecule has 2 rings (SSSR count). The number of aromatic nitrogens is 1. The largest absolute Gasteiger partial charge is 0.438 e. The van der Waals surface area contributed by atoms with Crippen molar-refractivity contribution >= 4 is 6.08 Å². The zero-order chi connectivity index (χ0) is 12.8. The molecule has 2 aromatic rings. The first-order chi connectivity index (χ1) is 8.83. The summed E-state index contributed by atoms with van der Waals surface area (Å²) in [4.78, 5) is 4.32. The molecule has 0 saturated carbocycles. The summed E-state index contributed by atoms with van der Waals surface area (Å²) in [5, 5.41) is 0. The molecule has 0 saturated heterocycles. The Kier molecular flexibility index (Phi) is 4.10. The molecule has 1 heterocycles. The molecule has 1 aromatic heterocycles. The quantitative estimate of drug-likeness (QED) is 0.891. The van der Waals surface area contributed by atoms with E-state index in [1.165, 1.54) is 0 Å². The summed E-state index contributed by atoms with van der Waals surface area (Å²) in [5.74, 6) is 1.35. The number of ether oxygens (including phenoxy) is 1. The predicted molar refractivity (Wildman–Crippen MR) is 73.4 cm³/mol. The zero-order valence-corrected chi connectivity index (χ0v) is 10.3. The van der Waals surface area contributed by atoms with E-state index < -0.39 is 0 Å². The first kappa shape index (κ1) is 12.3. The molecule has 0 spiro atoms. The number of benzene rings is 1. The summed E-state index contributed by atoms with van der Waals surface area (Å²) in [6, 6.07) is 13.4. The Morgan fingerprint density at radius 2 is 2.00 bits per heavy atom. The van der Waals surface area contributed by atoms with Gasteiger partial charge in [0.2, 0.25) is 5.88 Å². The highest BCUT2D eigenvalue weighted by Crippen LogP contribution is 2.24. The molecular weight excluding hydrogens is 224 g/mol. The molecule has 2 N–H and O–H groups in total. The van der Waals surface area contributed by atoms with Crippen LogP contribution in [0.5, 0.6) is 11.6 Å². The molecule has 0 aliphatic rings. The van der Waals surface area contributed by atoms with E-state index >= 15 is 0 Å². The van der Waals surface area contributed by atoms with Crippen molar-refractivity contribution in [2.75, 3.05) is 0 Å². The smallest absolute Gasteiger partial charge is 0.219 e. The van der Waals surface area contributed by atoms with E-state index in [2.05, 4.69) is 4.98 Å². The van der Waals surface area contributed by atoms with Crippen LogP contribution in [0.3, 0.4) is 0 Å². The molecule has 3 heteroatoms. The van der Waals surface area contributed by atoms with Crippen LogP contribution in [0.1, 0.15) is 18.2 Å². The minimum Gasteiger partial charge on any atom is -0.438 e. The van der Waals surface area contributed by atoms with Crippen molar-refractivity contribution < 1.29 is 4.74 Å². The third-order valence-corrected chi connectivity index (χ3v) is 2.47. The summed E-state index contributed by atoms with van der Waals surface area (Å²) < 4.78 is 5.79. The van der Waals surface area contributed by atoms with E-state index in [4.69, 9.17) is 10.5 Å². The van der Waals surface area contributed by atoms with Crippen molar-refractivity contribution in [1.82, 2.24) is 4.98 Å². The topological polar surface area (TPSA) is 48.1 Å². The van der Waals surface area contributed by atoms with Gasteiger partial charge in [-0.15, -0.1) is 0 Å². The molecule has 0 fully saturated rings. The summed E-state index contributed by atoms with van der Waals surface area (Å²) in [5.41, 5.74) is 7.40. The summed E-state index contributed by atoms with van der Waals surface area (Å²) in [6.45, 7) is 2.39. The van der Waals surface area contributed by atoms with Gasteiger partial charge in [-0.3, -0.25) is 0 Å². The number of rotatable bonds is 4. The van der Waals surface area contributed by atoms with Crippen LogP contribution < -0.4 is 10.5 Å². The lowest BCUT2D eigenvalue weighted by atomic mass is 10.2. The van der Waals surface area contributed by atoms with Crippen molar-refractivity contribution in [3.8, 4) is 11.6 Å². The van der Waals surface area contributed by atoms with E-state index in [-0.39, 0.29) is 0 Å². The molecule has 0 atom stereocenters. The SMILES string of the molecule is C/C=C/c1ccccc1Oc1cccc(CN)n1. The van der Waals surface area contributed by atoms with Crippen molar-refractivity contribution in [3.63, 3.8) is 0 Å². The number of nitrogens with zero attached hydrogens (tertiary/aromatic N) is 1. The Balaban J connectivity index is 2.27. The number of hydrogen-bond acceptors (Lipinski definition) is 3. The lowest BCUT2D eigenvalue weighted by Crippen LogP contribution is -2.00. The van der Waals surface area contributed by atoms with Gasteiger partial charge in [0.15, 0.2) is 0 Å². The fourth-order valence-corrected chi connectivity index (χ4v) is 1.63. The van der Waals surface area contributed by atoms with Gasteiger partial charge in [0, 0.05) is 18.2 Å². The van der Waals surface area contributed by atoms with Gasteiger partial charge in [0.05, 0.1) is 5.69 Å². The number of allylic oxidation sites excluding steroid dienone is 1. The molecular formula is C15H16N2O. The number of hydrogen-bond donors (Lipinski definition) is 1. The fraction of sp³-hybridized carbons (Fsp3) is 0.133. The van der Waals surface area contributed by atoms with Crippen LogP contribution in [0.2, 0.25) is 0 Å². The van der Waals surface area contributed by atoms with Gasteiger partial charge in [-0.25, -0.2) is 4.98 Å². The minimum atomic E-state index is 0.410. The van der Waals surface area contributed by atoms with Gasteiger partial charge in [-0.2, -0.15) is 0 Å². The Hall–Kier alpha value is -2.13. The number of para-hydroxylation sites is 1. The summed E-state index contributed by atoms with van der Waals surface area (Å²) in [7, 11) is 0. The molecule has 0 bridgehead atoms. The highest BCUT2D eigenvalue weighted by molar-refractivity contribution is 5.57. The molecule has 18 heavy (non-hydrogen) atoms. The monoisotopic (exact) mass is 240 g/mol. The number of pyridine rings is 1. The highest BCUT2D eigenvalue weighted by Gasteiger charge is 2.03. The second kappa shape index (κ2) is 5.98. The predicted octanol–water partition coefficient (Wildman–Crippen LogP) is 3.37. The van der Waals surface area contributed by atoms with Crippen LogP contribution in [-0.4, -0.2) is 4.98 Å². The first-order valence-corrected chi connectivity index (χ1v) is 5.89. The summed E-state index contributed by atoms with van der Waals surface area (Å²) >= 11 is 0. The van der Waals surface area contributed by atoms with Crippen LogP contribution in [0, 0.1) is 0 Å². The Morgan fingerprint density at radius 3 is 2.78 bits per heavy atom. The van der Waals surface area contributed by atoms with Crippen molar-refractivity contribution in [1.29, 1.82) is 0 Å². The van der Waals surface area contributed by atoms with Crippen molar-refractivity contribution in [2.24, 2.45) is 5.73 Å². The van der Waals surface area contributed by atoms with Gasteiger partial charge in [-0.1, -0.05) is 36.4 Å².